The number of rotatable bonds is 10. The SMILES string of the molecule is O=C(COCc1ccccc1)N[C@H]1CCCC[C@H]1NC(=O)c1csc(COc2ccccc2F)n1. The van der Waals surface area contributed by atoms with Crippen LogP contribution in [0.1, 0.15) is 46.7 Å². The summed E-state index contributed by atoms with van der Waals surface area (Å²) in [5.41, 5.74) is 1.29. The topological polar surface area (TPSA) is 89.6 Å². The lowest BCUT2D eigenvalue weighted by Gasteiger charge is -2.32. The summed E-state index contributed by atoms with van der Waals surface area (Å²) < 4.78 is 24.7. The van der Waals surface area contributed by atoms with Crippen molar-refractivity contribution >= 4 is 23.2 Å². The highest BCUT2D eigenvalue weighted by Crippen LogP contribution is 2.21. The Kier molecular flexibility index (Phi) is 8.80. The Hall–Kier alpha value is -3.30. The van der Waals surface area contributed by atoms with Gasteiger partial charge >= 0.3 is 0 Å². The fraction of sp³-hybridized carbons (Fsp3) is 0.346. The van der Waals surface area contributed by atoms with Gasteiger partial charge in [0.25, 0.3) is 5.91 Å². The van der Waals surface area contributed by atoms with Gasteiger partial charge in [0.1, 0.15) is 23.9 Å². The molecule has 1 heterocycles. The molecule has 2 amide bonds. The molecule has 0 radical (unpaired) electrons. The highest BCUT2D eigenvalue weighted by atomic mass is 32.1. The summed E-state index contributed by atoms with van der Waals surface area (Å²) in [5.74, 6) is -0.807. The normalized spacial score (nSPS) is 17.5. The first kappa shape index (κ1) is 24.8. The zero-order valence-electron chi connectivity index (χ0n) is 19.2. The van der Waals surface area contributed by atoms with E-state index in [1.807, 2.05) is 30.3 Å². The average molecular weight is 498 g/mol. The van der Waals surface area contributed by atoms with E-state index in [4.69, 9.17) is 9.47 Å². The van der Waals surface area contributed by atoms with Crippen molar-refractivity contribution in [2.75, 3.05) is 6.61 Å². The molecular weight excluding hydrogens is 469 g/mol. The van der Waals surface area contributed by atoms with Crippen LogP contribution in [0.3, 0.4) is 0 Å². The molecule has 0 bridgehead atoms. The molecule has 0 saturated heterocycles. The van der Waals surface area contributed by atoms with E-state index >= 15 is 0 Å². The number of amides is 2. The van der Waals surface area contributed by atoms with E-state index < -0.39 is 5.82 Å². The molecule has 35 heavy (non-hydrogen) atoms. The number of carbonyl (C=O) groups excluding carboxylic acids is 2. The van der Waals surface area contributed by atoms with Crippen molar-refractivity contribution < 1.29 is 23.5 Å². The van der Waals surface area contributed by atoms with Crippen LogP contribution in [0.15, 0.2) is 60.0 Å². The Morgan fingerprint density at radius 2 is 1.69 bits per heavy atom. The quantitative estimate of drug-likeness (QED) is 0.438. The van der Waals surface area contributed by atoms with E-state index in [0.717, 1.165) is 31.2 Å². The van der Waals surface area contributed by atoms with Gasteiger partial charge in [0.15, 0.2) is 11.6 Å². The number of aromatic nitrogens is 1. The van der Waals surface area contributed by atoms with Crippen molar-refractivity contribution in [2.45, 2.75) is 51.0 Å². The molecular formula is C26H28FN3O4S. The van der Waals surface area contributed by atoms with Gasteiger partial charge in [-0.2, -0.15) is 0 Å². The number of ether oxygens (including phenoxy) is 2. The molecule has 1 aromatic heterocycles. The number of hydrogen-bond donors (Lipinski definition) is 2. The molecule has 0 unspecified atom stereocenters. The number of nitrogens with one attached hydrogen (secondary N) is 2. The van der Waals surface area contributed by atoms with Crippen molar-refractivity contribution in [3.8, 4) is 5.75 Å². The fourth-order valence-electron chi connectivity index (χ4n) is 3.99. The minimum absolute atomic E-state index is 0.0382. The van der Waals surface area contributed by atoms with Gasteiger partial charge in [0.2, 0.25) is 5.91 Å². The summed E-state index contributed by atoms with van der Waals surface area (Å²) >= 11 is 1.28. The molecule has 1 fully saturated rings. The third-order valence-corrected chi connectivity index (χ3v) is 6.57. The molecule has 9 heteroatoms. The first-order valence-electron chi connectivity index (χ1n) is 11.6. The van der Waals surface area contributed by atoms with Crippen LogP contribution in [0.2, 0.25) is 0 Å². The highest BCUT2D eigenvalue weighted by molar-refractivity contribution is 7.09. The number of halogens is 1. The maximum atomic E-state index is 13.7. The molecule has 2 N–H and O–H groups in total. The van der Waals surface area contributed by atoms with Crippen LogP contribution in [0.25, 0.3) is 0 Å². The molecule has 1 aliphatic rings. The maximum absolute atomic E-state index is 13.7. The van der Waals surface area contributed by atoms with Crippen molar-refractivity contribution in [3.63, 3.8) is 0 Å². The number of thiazole rings is 1. The first-order chi connectivity index (χ1) is 17.1. The first-order valence-corrected chi connectivity index (χ1v) is 12.5. The molecule has 2 atom stereocenters. The van der Waals surface area contributed by atoms with Crippen LogP contribution < -0.4 is 15.4 Å². The van der Waals surface area contributed by atoms with Crippen LogP contribution in [-0.4, -0.2) is 35.5 Å². The average Bonchev–Trinajstić information content (AvgIpc) is 3.35. The van der Waals surface area contributed by atoms with Crippen molar-refractivity contribution in [3.05, 3.63) is 82.1 Å². The summed E-state index contributed by atoms with van der Waals surface area (Å²) in [6, 6.07) is 15.5. The van der Waals surface area contributed by atoms with Crippen molar-refractivity contribution in [1.29, 1.82) is 0 Å². The lowest BCUT2D eigenvalue weighted by Crippen LogP contribution is -2.53. The lowest BCUT2D eigenvalue weighted by atomic mass is 9.90. The molecule has 1 saturated carbocycles. The summed E-state index contributed by atoms with van der Waals surface area (Å²) in [6.45, 7) is 0.402. The number of carbonyl (C=O) groups is 2. The third-order valence-electron chi connectivity index (χ3n) is 5.75. The second-order valence-corrected chi connectivity index (χ2v) is 9.31. The van der Waals surface area contributed by atoms with Crippen LogP contribution in [0.4, 0.5) is 4.39 Å². The molecule has 4 rings (SSSR count). The third kappa shape index (κ3) is 7.34. The van der Waals surface area contributed by atoms with E-state index in [9.17, 15) is 14.0 Å². The molecule has 1 aliphatic carbocycles. The molecule has 0 aliphatic heterocycles. The Bertz CT molecular complexity index is 1120. The van der Waals surface area contributed by atoms with Crippen molar-refractivity contribution in [1.82, 2.24) is 15.6 Å². The minimum Gasteiger partial charge on any atom is -0.483 e. The largest absolute Gasteiger partial charge is 0.483 e. The van der Waals surface area contributed by atoms with Gasteiger partial charge in [-0.3, -0.25) is 9.59 Å². The van der Waals surface area contributed by atoms with E-state index in [0.29, 0.717) is 11.6 Å². The smallest absolute Gasteiger partial charge is 0.271 e. The Labute approximate surface area is 207 Å². The van der Waals surface area contributed by atoms with Gasteiger partial charge in [0, 0.05) is 17.5 Å². The predicted molar refractivity (Wildman–Crippen MR) is 131 cm³/mol. The van der Waals surface area contributed by atoms with Gasteiger partial charge < -0.3 is 20.1 Å². The predicted octanol–water partition coefficient (Wildman–Crippen LogP) is 4.24. The van der Waals surface area contributed by atoms with Crippen molar-refractivity contribution in [2.24, 2.45) is 0 Å². The Morgan fingerprint density at radius 3 is 2.46 bits per heavy atom. The number of hydrogen-bond acceptors (Lipinski definition) is 6. The summed E-state index contributed by atoms with van der Waals surface area (Å²) in [5, 5.41) is 8.25. The second-order valence-electron chi connectivity index (χ2n) is 8.36. The number of nitrogens with zero attached hydrogens (tertiary/aromatic N) is 1. The molecule has 2 aromatic carbocycles. The molecule has 0 spiro atoms. The van der Waals surface area contributed by atoms with Gasteiger partial charge in [-0.1, -0.05) is 55.3 Å². The Morgan fingerprint density at radius 1 is 0.971 bits per heavy atom. The Balaban J connectivity index is 1.25. The van der Waals surface area contributed by atoms with Crippen LogP contribution in [0, 0.1) is 5.82 Å². The van der Waals surface area contributed by atoms with Crippen LogP contribution in [-0.2, 0) is 22.7 Å². The van der Waals surface area contributed by atoms with E-state index in [1.54, 1.807) is 23.6 Å². The fourth-order valence-corrected chi connectivity index (χ4v) is 4.67. The maximum Gasteiger partial charge on any atom is 0.271 e. The highest BCUT2D eigenvalue weighted by Gasteiger charge is 2.28. The zero-order chi connectivity index (χ0) is 24.5. The zero-order valence-corrected chi connectivity index (χ0v) is 20.1. The van der Waals surface area contributed by atoms with Gasteiger partial charge in [0.05, 0.1) is 6.61 Å². The monoisotopic (exact) mass is 497 g/mol. The van der Waals surface area contributed by atoms with E-state index in [1.165, 1.54) is 17.4 Å². The molecule has 7 nitrogen and oxygen atoms in total. The molecule has 3 aromatic rings. The van der Waals surface area contributed by atoms with Crippen LogP contribution >= 0.6 is 11.3 Å². The van der Waals surface area contributed by atoms with E-state index in [-0.39, 0.29) is 48.6 Å². The standard InChI is InChI=1S/C26H28FN3O4S/c27-19-10-4-7-13-23(19)34-16-25-29-22(17-35-25)26(32)30-21-12-6-5-11-20(21)28-24(31)15-33-14-18-8-2-1-3-9-18/h1-4,7-10,13,17,20-21H,5-6,11-12,14-16H2,(H,28,31)(H,30,32)/t20-,21+/m0/s1. The number of benzene rings is 2. The van der Waals surface area contributed by atoms with Gasteiger partial charge in [-0.15, -0.1) is 11.3 Å². The van der Waals surface area contributed by atoms with Gasteiger partial charge in [-0.05, 0) is 30.5 Å². The summed E-state index contributed by atoms with van der Waals surface area (Å²) in [4.78, 5) is 29.6. The summed E-state index contributed by atoms with van der Waals surface area (Å²) in [6.07, 6.45) is 3.51. The lowest BCUT2D eigenvalue weighted by molar-refractivity contribution is -0.127. The molecule has 184 valence electrons. The second kappa shape index (κ2) is 12.4. The van der Waals surface area contributed by atoms with Gasteiger partial charge in [-0.25, -0.2) is 9.37 Å². The van der Waals surface area contributed by atoms with Crippen LogP contribution in [0.5, 0.6) is 5.75 Å². The number of para-hydroxylation sites is 1. The minimum atomic E-state index is -0.446. The van der Waals surface area contributed by atoms with E-state index in [2.05, 4.69) is 15.6 Å². The summed E-state index contributed by atoms with van der Waals surface area (Å²) in [7, 11) is 0.